The molecular weight excluding hydrogens is 304 g/mol. The molecule has 3 rings (SSSR count). The maximum atomic E-state index is 12.7. The molecule has 24 heavy (non-hydrogen) atoms. The number of hydrogen-bond acceptors (Lipinski definition) is 3. The highest BCUT2D eigenvalue weighted by Crippen LogP contribution is 2.31. The molecule has 0 radical (unpaired) electrons. The molecule has 126 valence electrons. The van der Waals surface area contributed by atoms with Gasteiger partial charge in [-0.2, -0.15) is 0 Å². The second-order valence-electron chi connectivity index (χ2n) is 6.16. The predicted octanol–water partition coefficient (Wildman–Crippen LogP) is 3.09. The molecule has 1 aromatic rings. The molecule has 2 atom stereocenters. The molecule has 0 bridgehead atoms. The molecule has 0 aromatic heterocycles. The lowest BCUT2D eigenvalue weighted by atomic mass is 10.1. The van der Waals surface area contributed by atoms with Crippen LogP contribution in [-0.4, -0.2) is 40.4 Å². The third-order valence-electron chi connectivity index (χ3n) is 4.57. The molecule has 2 amide bonds. The van der Waals surface area contributed by atoms with E-state index in [0.29, 0.717) is 6.54 Å². The second kappa shape index (κ2) is 6.91. The van der Waals surface area contributed by atoms with Crippen LogP contribution in [0, 0.1) is 0 Å². The van der Waals surface area contributed by atoms with Crippen molar-refractivity contribution in [1.82, 2.24) is 9.80 Å². The van der Waals surface area contributed by atoms with E-state index in [1.165, 1.54) is 4.90 Å². The summed E-state index contributed by atoms with van der Waals surface area (Å²) in [6.45, 7) is 6.13. The Morgan fingerprint density at radius 1 is 1.38 bits per heavy atom. The average Bonchev–Trinajstić information content (AvgIpc) is 3.00. The van der Waals surface area contributed by atoms with Gasteiger partial charge in [0.1, 0.15) is 12.6 Å². The Balaban J connectivity index is 1.66. The lowest BCUT2D eigenvalue weighted by Crippen LogP contribution is -2.57. The molecule has 1 fully saturated rings. The van der Waals surface area contributed by atoms with Crippen LogP contribution in [0.5, 0.6) is 0 Å². The molecule has 5 nitrogen and oxygen atoms in total. The molecule has 5 heteroatoms. The highest BCUT2D eigenvalue weighted by atomic mass is 16.6. The summed E-state index contributed by atoms with van der Waals surface area (Å²) in [6.07, 6.45) is 4.99. The molecular formula is C19H22N2O3. The highest BCUT2D eigenvalue weighted by Gasteiger charge is 2.42. The number of amides is 2. The van der Waals surface area contributed by atoms with E-state index in [0.717, 1.165) is 24.1 Å². The third kappa shape index (κ3) is 3.07. The first-order valence-corrected chi connectivity index (χ1v) is 8.22. The second-order valence-corrected chi connectivity index (χ2v) is 6.16. The fourth-order valence-electron chi connectivity index (χ4n) is 3.24. The van der Waals surface area contributed by atoms with Crippen LogP contribution >= 0.6 is 0 Å². The summed E-state index contributed by atoms with van der Waals surface area (Å²) in [5, 5.41) is 0. The smallest absolute Gasteiger partial charge is 0.411 e. The largest absolute Gasteiger partial charge is 0.445 e. The minimum Gasteiger partial charge on any atom is -0.445 e. The number of piperazine rings is 1. The Labute approximate surface area is 142 Å². The summed E-state index contributed by atoms with van der Waals surface area (Å²) < 4.78 is 5.38. The zero-order valence-electron chi connectivity index (χ0n) is 13.9. The Morgan fingerprint density at radius 3 is 2.83 bits per heavy atom. The van der Waals surface area contributed by atoms with Crippen LogP contribution in [0.25, 0.3) is 0 Å². The molecule has 0 aliphatic carbocycles. The van der Waals surface area contributed by atoms with E-state index < -0.39 is 12.1 Å². The van der Waals surface area contributed by atoms with Crippen molar-refractivity contribution in [3.63, 3.8) is 0 Å². The van der Waals surface area contributed by atoms with Gasteiger partial charge < -0.3 is 9.64 Å². The van der Waals surface area contributed by atoms with Gasteiger partial charge in [0, 0.05) is 11.7 Å². The monoisotopic (exact) mass is 326 g/mol. The number of benzene rings is 1. The Hall–Kier alpha value is -2.56. The summed E-state index contributed by atoms with van der Waals surface area (Å²) >= 11 is 0. The Morgan fingerprint density at radius 2 is 2.12 bits per heavy atom. The maximum Gasteiger partial charge on any atom is 0.411 e. The summed E-state index contributed by atoms with van der Waals surface area (Å²) in [5.41, 5.74) is 1.82. The molecule has 1 unspecified atom stereocenters. The fraction of sp³-hybridized carbons (Fsp3) is 0.368. The van der Waals surface area contributed by atoms with Gasteiger partial charge in [-0.15, -0.1) is 6.58 Å². The van der Waals surface area contributed by atoms with Crippen LogP contribution in [0.3, 0.4) is 0 Å². The van der Waals surface area contributed by atoms with Crippen molar-refractivity contribution in [2.45, 2.75) is 38.5 Å². The molecule has 1 saturated heterocycles. The standard InChI is InChI=1S/C19H22N2O3/c1-3-7-16-10-11-17-12-20(14(2)18(22)21(16)17)19(23)24-13-15-8-5-4-6-9-15/h3-6,8-9,11,14,16H,1,7,10,12-13H2,2H3/t14-,16?/m0/s1. The number of nitrogens with zero attached hydrogens (tertiary/aromatic N) is 2. The zero-order chi connectivity index (χ0) is 17.1. The van der Waals surface area contributed by atoms with Crippen LogP contribution in [0.2, 0.25) is 0 Å². The van der Waals surface area contributed by atoms with E-state index in [1.807, 2.05) is 47.4 Å². The summed E-state index contributed by atoms with van der Waals surface area (Å²) in [7, 11) is 0. The van der Waals surface area contributed by atoms with Gasteiger partial charge in [0.25, 0.3) is 0 Å². The van der Waals surface area contributed by atoms with Crippen molar-refractivity contribution in [3.8, 4) is 0 Å². The number of ether oxygens (including phenoxy) is 1. The molecule has 1 aromatic carbocycles. The number of rotatable bonds is 4. The minimum atomic E-state index is -0.518. The Bertz CT molecular complexity index is 668. The Kier molecular flexibility index (Phi) is 4.69. The van der Waals surface area contributed by atoms with Gasteiger partial charge in [0.05, 0.1) is 6.54 Å². The van der Waals surface area contributed by atoms with Crippen LogP contribution in [-0.2, 0) is 16.1 Å². The maximum absolute atomic E-state index is 12.7. The van der Waals surface area contributed by atoms with Gasteiger partial charge in [-0.3, -0.25) is 9.69 Å². The van der Waals surface area contributed by atoms with Gasteiger partial charge in [-0.25, -0.2) is 4.79 Å². The van der Waals surface area contributed by atoms with E-state index in [2.05, 4.69) is 6.58 Å². The normalized spacial score (nSPS) is 22.9. The third-order valence-corrected chi connectivity index (χ3v) is 4.57. The molecule has 2 aliphatic heterocycles. The van der Waals surface area contributed by atoms with Crippen LogP contribution in [0.1, 0.15) is 25.3 Å². The molecule has 2 aliphatic rings. The van der Waals surface area contributed by atoms with Gasteiger partial charge in [0.15, 0.2) is 0 Å². The number of carbonyl (C=O) groups is 2. The van der Waals surface area contributed by atoms with E-state index in [-0.39, 0.29) is 18.6 Å². The van der Waals surface area contributed by atoms with E-state index in [9.17, 15) is 9.59 Å². The van der Waals surface area contributed by atoms with Crippen molar-refractivity contribution < 1.29 is 14.3 Å². The lowest BCUT2D eigenvalue weighted by molar-refractivity contribution is -0.138. The van der Waals surface area contributed by atoms with Crippen molar-refractivity contribution in [1.29, 1.82) is 0 Å². The van der Waals surface area contributed by atoms with E-state index in [1.54, 1.807) is 6.92 Å². The first-order chi connectivity index (χ1) is 11.6. The van der Waals surface area contributed by atoms with Crippen molar-refractivity contribution in [2.24, 2.45) is 0 Å². The van der Waals surface area contributed by atoms with Crippen molar-refractivity contribution in [3.05, 3.63) is 60.3 Å². The van der Waals surface area contributed by atoms with Gasteiger partial charge in [0.2, 0.25) is 5.91 Å². The highest BCUT2D eigenvalue weighted by molar-refractivity contribution is 5.89. The molecule has 0 N–H and O–H groups in total. The topological polar surface area (TPSA) is 49.9 Å². The summed E-state index contributed by atoms with van der Waals surface area (Å²) in [5.74, 6) is -0.0477. The molecule has 0 spiro atoms. The first kappa shape index (κ1) is 16.3. The zero-order valence-corrected chi connectivity index (χ0v) is 13.9. The number of fused-ring (bicyclic) bond motifs is 1. The summed E-state index contributed by atoms with van der Waals surface area (Å²) in [6, 6.07) is 9.13. The van der Waals surface area contributed by atoms with Crippen LogP contribution in [0.4, 0.5) is 4.79 Å². The number of carbonyl (C=O) groups excluding carboxylic acids is 2. The lowest BCUT2D eigenvalue weighted by Gasteiger charge is -2.40. The van der Waals surface area contributed by atoms with Gasteiger partial charge >= 0.3 is 6.09 Å². The average molecular weight is 326 g/mol. The molecule has 0 saturated carbocycles. The summed E-state index contributed by atoms with van der Waals surface area (Å²) in [4.78, 5) is 28.4. The van der Waals surface area contributed by atoms with Crippen LogP contribution in [0.15, 0.2) is 54.8 Å². The fourth-order valence-corrected chi connectivity index (χ4v) is 3.24. The quantitative estimate of drug-likeness (QED) is 0.799. The first-order valence-electron chi connectivity index (χ1n) is 8.22. The number of hydrogen-bond donors (Lipinski definition) is 0. The van der Waals surface area contributed by atoms with E-state index >= 15 is 0 Å². The predicted molar refractivity (Wildman–Crippen MR) is 90.9 cm³/mol. The van der Waals surface area contributed by atoms with Gasteiger partial charge in [-0.1, -0.05) is 42.5 Å². The SMILES string of the molecule is C=CCC1CC=C2CN(C(=O)OCc3ccccc3)[C@@H](C)C(=O)N21. The van der Waals surface area contributed by atoms with Crippen molar-refractivity contribution >= 4 is 12.0 Å². The van der Waals surface area contributed by atoms with Crippen LogP contribution < -0.4 is 0 Å². The minimum absolute atomic E-state index is 0.0477. The van der Waals surface area contributed by atoms with E-state index in [4.69, 9.17) is 4.74 Å². The molecule has 2 heterocycles. The van der Waals surface area contributed by atoms with Gasteiger partial charge in [-0.05, 0) is 25.3 Å². The van der Waals surface area contributed by atoms with Crippen molar-refractivity contribution in [2.75, 3.05) is 6.54 Å².